The maximum Gasteiger partial charge on any atom is 0.251 e. The van der Waals surface area contributed by atoms with Crippen molar-refractivity contribution in [2.75, 3.05) is 12.0 Å². The molecule has 0 aliphatic heterocycles. The van der Waals surface area contributed by atoms with E-state index in [0.29, 0.717) is 17.9 Å². The molecule has 1 rings (SSSR count). The van der Waals surface area contributed by atoms with Crippen LogP contribution in [-0.2, 0) is 6.42 Å². The second-order valence-corrected chi connectivity index (χ2v) is 5.87. The molecule has 4 N–H and O–H groups in total. The van der Waals surface area contributed by atoms with Gasteiger partial charge in [-0.05, 0) is 24.0 Å². The number of nitrogen functional groups attached to an aromatic ring is 1. The summed E-state index contributed by atoms with van der Waals surface area (Å²) in [6.45, 7) is 8.94. The van der Waals surface area contributed by atoms with Gasteiger partial charge in [0.1, 0.15) is 5.82 Å². The predicted octanol–water partition coefficient (Wildman–Crippen LogP) is 2.10. The fourth-order valence-electron chi connectivity index (χ4n) is 1.62. The van der Waals surface area contributed by atoms with Crippen LogP contribution >= 0.6 is 0 Å². The molecule has 106 valence electrons. The van der Waals surface area contributed by atoms with Gasteiger partial charge in [-0.15, -0.1) is 0 Å². The molecular weight excluding hydrogens is 240 g/mol. The summed E-state index contributed by atoms with van der Waals surface area (Å²) in [6.07, 6.45) is 1.80. The number of carbonyl (C=O) groups excluding carboxylic acids is 1. The Hall–Kier alpha value is -1.62. The van der Waals surface area contributed by atoms with Crippen LogP contribution in [0.2, 0.25) is 0 Å². The summed E-state index contributed by atoms with van der Waals surface area (Å²) in [5.41, 5.74) is 4.03. The van der Waals surface area contributed by atoms with Crippen LogP contribution < -0.4 is 16.6 Å². The second kappa shape index (κ2) is 6.52. The highest BCUT2D eigenvalue weighted by molar-refractivity contribution is 5.95. The van der Waals surface area contributed by atoms with Gasteiger partial charge >= 0.3 is 0 Å². The van der Waals surface area contributed by atoms with Crippen LogP contribution in [-0.4, -0.2) is 17.4 Å². The molecule has 0 bridgehead atoms. The summed E-state index contributed by atoms with van der Waals surface area (Å²) < 4.78 is 0. The fraction of sp³-hybridized carbons (Fsp3) is 0.571. The molecule has 0 unspecified atom stereocenters. The average molecular weight is 264 g/mol. The SMILES string of the molecule is CCCc1cc(C(=O)NCC(C)(C)C)cc(NN)n1. The van der Waals surface area contributed by atoms with E-state index in [0.717, 1.165) is 18.5 Å². The highest BCUT2D eigenvalue weighted by atomic mass is 16.1. The van der Waals surface area contributed by atoms with Gasteiger partial charge in [0.2, 0.25) is 0 Å². The van der Waals surface area contributed by atoms with Crippen molar-refractivity contribution in [1.82, 2.24) is 10.3 Å². The lowest BCUT2D eigenvalue weighted by Gasteiger charge is -2.19. The first kappa shape index (κ1) is 15.4. The van der Waals surface area contributed by atoms with Crippen molar-refractivity contribution >= 4 is 11.7 Å². The first-order chi connectivity index (χ1) is 8.85. The van der Waals surface area contributed by atoms with Crippen molar-refractivity contribution in [3.05, 3.63) is 23.4 Å². The van der Waals surface area contributed by atoms with Gasteiger partial charge in [0.25, 0.3) is 5.91 Å². The van der Waals surface area contributed by atoms with Gasteiger partial charge in [0.15, 0.2) is 0 Å². The van der Waals surface area contributed by atoms with E-state index < -0.39 is 0 Å². The highest BCUT2D eigenvalue weighted by Crippen LogP contribution is 2.13. The van der Waals surface area contributed by atoms with Gasteiger partial charge in [-0.25, -0.2) is 10.8 Å². The molecule has 19 heavy (non-hydrogen) atoms. The molecule has 5 nitrogen and oxygen atoms in total. The molecule has 0 saturated carbocycles. The molecule has 1 heterocycles. The molecule has 1 aromatic heterocycles. The number of aryl methyl sites for hydroxylation is 1. The van der Waals surface area contributed by atoms with Gasteiger partial charge in [0.05, 0.1) is 0 Å². The Morgan fingerprint density at radius 2 is 2.05 bits per heavy atom. The number of aromatic nitrogens is 1. The van der Waals surface area contributed by atoms with E-state index in [2.05, 4.69) is 43.4 Å². The summed E-state index contributed by atoms with van der Waals surface area (Å²) >= 11 is 0. The van der Waals surface area contributed by atoms with Crippen LogP contribution in [0.4, 0.5) is 5.82 Å². The van der Waals surface area contributed by atoms with Crippen molar-refractivity contribution in [2.24, 2.45) is 11.3 Å². The monoisotopic (exact) mass is 264 g/mol. The normalized spacial score (nSPS) is 11.2. The number of hydrogen-bond acceptors (Lipinski definition) is 4. The fourth-order valence-corrected chi connectivity index (χ4v) is 1.62. The third kappa shape index (κ3) is 5.26. The lowest BCUT2D eigenvalue weighted by Crippen LogP contribution is -2.32. The van der Waals surface area contributed by atoms with E-state index in [1.807, 2.05) is 6.07 Å². The number of anilines is 1. The number of hydrazine groups is 1. The van der Waals surface area contributed by atoms with Gasteiger partial charge in [-0.1, -0.05) is 34.1 Å². The Morgan fingerprint density at radius 1 is 1.37 bits per heavy atom. The van der Waals surface area contributed by atoms with Crippen molar-refractivity contribution in [1.29, 1.82) is 0 Å². The van der Waals surface area contributed by atoms with Crippen molar-refractivity contribution in [2.45, 2.75) is 40.5 Å². The van der Waals surface area contributed by atoms with Crippen LogP contribution in [0, 0.1) is 5.41 Å². The summed E-state index contributed by atoms with van der Waals surface area (Å²) in [4.78, 5) is 16.4. The average Bonchev–Trinajstić information content (AvgIpc) is 2.35. The Bertz CT molecular complexity index is 438. The number of rotatable bonds is 5. The van der Waals surface area contributed by atoms with Gasteiger partial charge in [-0.2, -0.15) is 0 Å². The molecule has 0 aromatic carbocycles. The zero-order valence-electron chi connectivity index (χ0n) is 12.2. The lowest BCUT2D eigenvalue weighted by atomic mass is 9.97. The van der Waals surface area contributed by atoms with Crippen LogP contribution in [0.1, 0.15) is 50.2 Å². The number of amides is 1. The zero-order valence-corrected chi connectivity index (χ0v) is 12.2. The number of nitrogens with zero attached hydrogens (tertiary/aromatic N) is 1. The number of nitrogens with one attached hydrogen (secondary N) is 2. The molecule has 0 atom stereocenters. The van der Waals surface area contributed by atoms with E-state index in [1.165, 1.54) is 0 Å². The first-order valence-corrected chi connectivity index (χ1v) is 6.61. The smallest absolute Gasteiger partial charge is 0.251 e. The largest absolute Gasteiger partial charge is 0.352 e. The Kier molecular flexibility index (Phi) is 5.30. The molecule has 1 aromatic rings. The lowest BCUT2D eigenvalue weighted by molar-refractivity contribution is 0.0939. The van der Waals surface area contributed by atoms with Gasteiger partial charge < -0.3 is 10.7 Å². The van der Waals surface area contributed by atoms with E-state index in [4.69, 9.17) is 5.84 Å². The minimum atomic E-state index is -0.0915. The van der Waals surface area contributed by atoms with Crippen LogP contribution in [0.3, 0.4) is 0 Å². The second-order valence-electron chi connectivity index (χ2n) is 5.87. The number of pyridine rings is 1. The van der Waals surface area contributed by atoms with Gasteiger partial charge in [-0.3, -0.25) is 4.79 Å². The quantitative estimate of drug-likeness (QED) is 0.562. The topological polar surface area (TPSA) is 80.0 Å². The number of carbonyl (C=O) groups is 1. The molecule has 1 amide bonds. The summed E-state index contributed by atoms with van der Waals surface area (Å²) in [7, 11) is 0. The summed E-state index contributed by atoms with van der Waals surface area (Å²) in [5, 5.41) is 2.92. The highest BCUT2D eigenvalue weighted by Gasteiger charge is 2.14. The molecule has 0 aliphatic rings. The molecular formula is C14H24N4O. The maximum atomic E-state index is 12.1. The maximum absolute atomic E-state index is 12.1. The zero-order chi connectivity index (χ0) is 14.5. The predicted molar refractivity (Wildman–Crippen MR) is 77.8 cm³/mol. The standard InChI is InChI=1S/C14H24N4O/c1-5-6-11-7-10(8-12(17-11)18-15)13(19)16-9-14(2,3)4/h7-8H,5-6,9,15H2,1-4H3,(H,16,19)(H,17,18). The number of nitrogens with two attached hydrogens (primary N) is 1. The van der Waals surface area contributed by atoms with E-state index in [1.54, 1.807) is 6.07 Å². The van der Waals surface area contributed by atoms with Crippen molar-refractivity contribution < 1.29 is 4.79 Å². The first-order valence-electron chi connectivity index (χ1n) is 6.61. The van der Waals surface area contributed by atoms with E-state index >= 15 is 0 Å². The van der Waals surface area contributed by atoms with E-state index in [9.17, 15) is 4.79 Å². The van der Waals surface area contributed by atoms with Crippen molar-refractivity contribution in [3.8, 4) is 0 Å². The molecule has 0 fully saturated rings. The summed E-state index contributed by atoms with van der Waals surface area (Å²) in [6, 6.07) is 3.49. The molecule has 0 aliphatic carbocycles. The Labute approximate surface area is 115 Å². The third-order valence-corrected chi connectivity index (χ3v) is 2.57. The molecule has 0 radical (unpaired) electrons. The minimum absolute atomic E-state index is 0.0594. The van der Waals surface area contributed by atoms with Crippen LogP contribution in [0.25, 0.3) is 0 Å². The molecule has 5 heteroatoms. The Balaban J connectivity index is 2.86. The Morgan fingerprint density at radius 3 is 2.58 bits per heavy atom. The van der Waals surface area contributed by atoms with Crippen LogP contribution in [0.5, 0.6) is 0 Å². The summed E-state index contributed by atoms with van der Waals surface area (Å²) in [5.74, 6) is 5.81. The van der Waals surface area contributed by atoms with Gasteiger partial charge in [0, 0.05) is 17.8 Å². The minimum Gasteiger partial charge on any atom is -0.352 e. The molecule has 0 spiro atoms. The van der Waals surface area contributed by atoms with E-state index in [-0.39, 0.29) is 11.3 Å². The van der Waals surface area contributed by atoms with Crippen molar-refractivity contribution in [3.63, 3.8) is 0 Å². The number of hydrogen-bond donors (Lipinski definition) is 3. The third-order valence-electron chi connectivity index (χ3n) is 2.57. The molecule has 0 saturated heterocycles. The van der Waals surface area contributed by atoms with Crippen LogP contribution in [0.15, 0.2) is 12.1 Å².